The van der Waals surface area contributed by atoms with Crippen LogP contribution >= 0.6 is 15.9 Å². The minimum atomic E-state index is -0.880. The Balaban J connectivity index is 1.87. The Morgan fingerprint density at radius 3 is 2.60 bits per heavy atom. The van der Waals surface area contributed by atoms with E-state index in [1.54, 1.807) is 0 Å². The molecule has 0 aromatic heterocycles. The lowest BCUT2D eigenvalue weighted by Gasteiger charge is -2.36. The Bertz CT molecular complexity index is 546. The zero-order chi connectivity index (χ0) is 14.8. The van der Waals surface area contributed by atoms with Gasteiger partial charge in [0.1, 0.15) is 5.82 Å². The molecule has 108 valence electrons. The maximum atomic E-state index is 13.0. The standard InChI is InChI=1S/C13H14BrFN2O3/c14-9-6-8(2-3-10(9)15)17-12(19)11(18)16-7-13(20)4-1-5-13/h2-3,6,20H,1,4-5,7H2,(H,16,18)(H,17,19). The third-order valence-electron chi connectivity index (χ3n) is 3.25. The molecule has 0 unspecified atom stereocenters. The molecule has 1 aromatic rings. The van der Waals surface area contributed by atoms with E-state index in [-0.39, 0.29) is 11.0 Å². The second kappa shape index (κ2) is 5.88. The van der Waals surface area contributed by atoms with Crippen molar-refractivity contribution < 1.29 is 19.1 Å². The van der Waals surface area contributed by atoms with Crippen molar-refractivity contribution in [2.24, 2.45) is 0 Å². The molecule has 1 fully saturated rings. The average Bonchev–Trinajstić information content (AvgIpc) is 2.38. The number of halogens is 2. The number of amides is 2. The summed E-state index contributed by atoms with van der Waals surface area (Å²) in [6.45, 7) is 0.0619. The fourth-order valence-corrected chi connectivity index (χ4v) is 2.23. The van der Waals surface area contributed by atoms with Crippen molar-refractivity contribution in [2.45, 2.75) is 24.9 Å². The second-order valence-electron chi connectivity index (χ2n) is 4.84. The Hall–Kier alpha value is -1.47. The smallest absolute Gasteiger partial charge is 0.313 e. The van der Waals surface area contributed by atoms with E-state index in [9.17, 15) is 19.1 Å². The molecule has 1 saturated carbocycles. The van der Waals surface area contributed by atoms with E-state index in [0.717, 1.165) is 6.42 Å². The number of hydrogen-bond donors (Lipinski definition) is 3. The third-order valence-corrected chi connectivity index (χ3v) is 3.85. The number of carbonyl (C=O) groups is 2. The molecule has 0 atom stereocenters. The maximum Gasteiger partial charge on any atom is 0.313 e. The van der Waals surface area contributed by atoms with Gasteiger partial charge in [-0.2, -0.15) is 0 Å². The van der Waals surface area contributed by atoms with Crippen LogP contribution in [0, 0.1) is 5.82 Å². The van der Waals surface area contributed by atoms with Crippen LogP contribution in [0.1, 0.15) is 19.3 Å². The van der Waals surface area contributed by atoms with Crippen molar-refractivity contribution in [2.75, 3.05) is 11.9 Å². The summed E-state index contributed by atoms with van der Waals surface area (Å²) >= 11 is 2.99. The number of hydrogen-bond acceptors (Lipinski definition) is 3. The van der Waals surface area contributed by atoms with E-state index in [1.807, 2.05) is 0 Å². The highest BCUT2D eigenvalue weighted by Gasteiger charge is 2.35. The molecule has 0 spiro atoms. The van der Waals surface area contributed by atoms with Crippen LogP contribution in [0.4, 0.5) is 10.1 Å². The molecule has 0 bridgehead atoms. The third kappa shape index (κ3) is 3.55. The number of aliphatic hydroxyl groups is 1. The van der Waals surface area contributed by atoms with Gasteiger partial charge < -0.3 is 15.7 Å². The van der Waals surface area contributed by atoms with E-state index in [1.165, 1.54) is 18.2 Å². The van der Waals surface area contributed by atoms with Crippen molar-refractivity contribution >= 4 is 33.4 Å². The van der Waals surface area contributed by atoms with Gasteiger partial charge in [0.25, 0.3) is 0 Å². The fraction of sp³-hybridized carbons (Fsp3) is 0.385. The van der Waals surface area contributed by atoms with Crippen molar-refractivity contribution in [3.8, 4) is 0 Å². The Morgan fingerprint density at radius 2 is 2.05 bits per heavy atom. The summed E-state index contributed by atoms with van der Waals surface area (Å²) in [6, 6.07) is 3.89. The monoisotopic (exact) mass is 344 g/mol. The minimum absolute atomic E-state index is 0.0619. The predicted octanol–water partition coefficient (Wildman–Crippen LogP) is 1.56. The van der Waals surface area contributed by atoms with Crippen molar-refractivity contribution in [1.29, 1.82) is 0 Å². The van der Waals surface area contributed by atoms with Crippen LogP contribution in [0.15, 0.2) is 22.7 Å². The Morgan fingerprint density at radius 1 is 1.35 bits per heavy atom. The van der Waals surface area contributed by atoms with Crippen molar-refractivity contribution in [3.05, 3.63) is 28.5 Å². The van der Waals surface area contributed by atoms with Crippen LogP contribution < -0.4 is 10.6 Å². The quantitative estimate of drug-likeness (QED) is 0.728. The number of benzene rings is 1. The van der Waals surface area contributed by atoms with E-state index in [4.69, 9.17) is 0 Å². The van der Waals surface area contributed by atoms with E-state index < -0.39 is 23.2 Å². The van der Waals surface area contributed by atoms with Crippen LogP contribution in [0.3, 0.4) is 0 Å². The topological polar surface area (TPSA) is 78.4 Å². The van der Waals surface area contributed by atoms with Gasteiger partial charge in [0.15, 0.2) is 0 Å². The van der Waals surface area contributed by atoms with Crippen LogP contribution in [-0.4, -0.2) is 29.1 Å². The number of carbonyl (C=O) groups excluding carboxylic acids is 2. The van der Waals surface area contributed by atoms with E-state index >= 15 is 0 Å². The lowest BCUT2D eigenvalue weighted by molar-refractivity contribution is -0.137. The van der Waals surface area contributed by atoms with Crippen LogP contribution in [0.25, 0.3) is 0 Å². The summed E-state index contributed by atoms with van der Waals surface area (Å²) in [5.74, 6) is -2.14. The average molecular weight is 345 g/mol. The molecule has 0 heterocycles. The molecular formula is C13H14BrFN2O3. The molecule has 2 amide bonds. The first kappa shape index (κ1) is 14.9. The van der Waals surface area contributed by atoms with Gasteiger partial charge in [-0.1, -0.05) is 0 Å². The minimum Gasteiger partial charge on any atom is -0.388 e. The first-order chi connectivity index (χ1) is 9.39. The lowest BCUT2D eigenvalue weighted by atomic mass is 9.80. The van der Waals surface area contributed by atoms with Gasteiger partial charge in [0.2, 0.25) is 0 Å². The molecule has 7 heteroatoms. The van der Waals surface area contributed by atoms with Gasteiger partial charge in [-0.05, 0) is 53.4 Å². The number of rotatable bonds is 3. The SMILES string of the molecule is O=C(NCC1(O)CCC1)C(=O)Nc1ccc(F)c(Br)c1. The van der Waals surface area contributed by atoms with Crippen LogP contribution in [-0.2, 0) is 9.59 Å². The number of nitrogens with one attached hydrogen (secondary N) is 2. The molecule has 1 aliphatic carbocycles. The van der Waals surface area contributed by atoms with Crippen molar-refractivity contribution in [1.82, 2.24) is 5.32 Å². The van der Waals surface area contributed by atoms with Gasteiger partial charge >= 0.3 is 11.8 Å². The van der Waals surface area contributed by atoms with Gasteiger partial charge in [-0.15, -0.1) is 0 Å². The molecule has 1 aliphatic rings. The highest BCUT2D eigenvalue weighted by molar-refractivity contribution is 9.10. The summed E-state index contributed by atoms with van der Waals surface area (Å²) in [6.07, 6.45) is 2.17. The van der Waals surface area contributed by atoms with Gasteiger partial charge in [0.05, 0.1) is 10.1 Å². The maximum absolute atomic E-state index is 13.0. The molecule has 2 rings (SSSR count). The first-order valence-electron chi connectivity index (χ1n) is 6.16. The summed E-state index contributed by atoms with van der Waals surface area (Å²) in [7, 11) is 0. The summed E-state index contributed by atoms with van der Waals surface area (Å²) in [5, 5.41) is 14.5. The van der Waals surface area contributed by atoms with E-state index in [0.29, 0.717) is 18.5 Å². The molecule has 0 aliphatic heterocycles. The lowest BCUT2D eigenvalue weighted by Crippen LogP contribution is -2.49. The fourth-order valence-electron chi connectivity index (χ4n) is 1.85. The van der Waals surface area contributed by atoms with Crippen LogP contribution in [0.2, 0.25) is 0 Å². The number of anilines is 1. The zero-order valence-corrected chi connectivity index (χ0v) is 12.2. The molecule has 0 radical (unpaired) electrons. The molecule has 3 N–H and O–H groups in total. The Labute approximate surface area is 123 Å². The summed E-state index contributed by atoms with van der Waals surface area (Å²) in [4.78, 5) is 23.2. The highest BCUT2D eigenvalue weighted by atomic mass is 79.9. The normalized spacial score (nSPS) is 16.1. The predicted molar refractivity (Wildman–Crippen MR) is 74.5 cm³/mol. The van der Waals surface area contributed by atoms with Gasteiger partial charge in [0, 0.05) is 12.2 Å². The van der Waals surface area contributed by atoms with Gasteiger partial charge in [-0.25, -0.2) is 4.39 Å². The summed E-state index contributed by atoms with van der Waals surface area (Å²) in [5.41, 5.74) is -0.574. The molecule has 20 heavy (non-hydrogen) atoms. The van der Waals surface area contributed by atoms with Crippen LogP contribution in [0.5, 0.6) is 0 Å². The van der Waals surface area contributed by atoms with Crippen molar-refractivity contribution in [3.63, 3.8) is 0 Å². The van der Waals surface area contributed by atoms with E-state index in [2.05, 4.69) is 26.6 Å². The first-order valence-corrected chi connectivity index (χ1v) is 6.96. The summed E-state index contributed by atoms with van der Waals surface area (Å²) < 4.78 is 13.2. The highest BCUT2D eigenvalue weighted by Crippen LogP contribution is 2.30. The Kier molecular flexibility index (Phi) is 4.39. The second-order valence-corrected chi connectivity index (χ2v) is 5.70. The zero-order valence-electron chi connectivity index (χ0n) is 10.6. The molecule has 5 nitrogen and oxygen atoms in total. The molecule has 1 aromatic carbocycles. The largest absolute Gasteiger partial charge is 0.388 e. The van der Waals surface area contributed by atoms with Gasteiger partial charge in [-0.3, -0.25) is 9.59 Å². The molecule has 0 saturated heterocycles. The molecular weight excluding hydrogens is 331 g/mol.